The molecule has 6 heteroatoms. The topological polar surface area (TPSA) is 27.6 Å². The number of hydrogen-bond donors (Lipinski definition) is 1. The zero-order valence-electron chi connectivity index (χ0n) is 11.6. The summed E-state index contributed by atoms with van der Waals surface area (Å²) in [5.41, 5.74) is 1.10. The maximum Gasteiger partial charge on any atom is 0.252 e. The number of alkyl halides is 2. The second-order valence-electron chi connectivity index (χ2n) is 5.13. The Morgan fingerprint density at radius 1 is 1.30 bits per heavy atom. The van der Waals surface area contributed by atoms with E-state index in [1.807, 2.05) is 49.3 Å². The molecule has 1 aliphatic rings. The van der Waals surface area contributed by atoms with Crippen molar-refractivity contribution in [1.29, 1.82) is 0 Å². The predicted octanol–water partition coefficient (Wildman–Crippen LogP) is 3.11. The molecule has 2 rings (SSSR count). The number of halogens is 3. The van der Waals surface area contributed by atoms with Crippen molar-refractivity contribution in [3.05, 3.63) is 35.9 Å². The normalized spacial score (nSPS) is 17.9. The minimum atomic E-state index is -2.51. The molecule has 1 aliphatic carbocycles. The van der Waals surface area contributed by atoms with Gasteiger partial charge in [0.1, 0.15) is 0 Å². The third kappa shape index (κ3) is 4.88. The summed E-state index contributed by atoms with van der Waals surface area (Å²) < 4.78 is 25.6. The molecule has 0 aromatic heterocycles. The van der Waals surface area contributed by atoms with E-state index in [4.69, 9.17) is 0 Å². The predicted molar refractivity (Wildman–Crippen MR) is 87.8 cm³/mol. The Morgan fingerprint density at radius 3 is 2.40 bits per heavy atom. The highest BCUT2D eigenvalue weighted by Crippen LogP contribution is 2.37. The second kappa shape index (κ2) is 7.19. The molecule has 0 saturated heterocycles. The van der Waals surface area contributed by atoms with Crippen molar-refractivity contribution in [3.8, 4) is 0 Å². The highest BCUT2D eigenvalue weighted by Gasteiger charge is 2.45. The Labute approximate surface area is 135 Å². The first-order valence-electron chi connectivity index (χ1n) is 6.36. The SMILES string of the molecule is CN(C)C(=NCc1ccccc1)NC1CC(F)(F)C1.I. The van der Waals surface area contributed by atoms with Crippen LogP contribution in [0.3, 0.4) is 0 Å². The lowest BCUT2D eigenvalue weighted by Gasteiger charge is -2.37. The van der Waals surface area contributed by atoms with Gasteiger partial charge in [-0.25, -0.2) is 13.8 Å². The number of nitrogens with zero attached hydrogens (tertiary/aromatic N) is 2. The van der Waals surface area contributed by atoms with E-state index in [0.717, 1.165) is 5.56 Å². The molecule has 0 amide bonds. The number of aliphatic imine (C=N–C) groups is 1. The third-order valence-electron chi connectivity index (χ3n) is 3.10. The zero-order chi connectivity index (χ0) is 13.9. The Balaban J connectivity index is 0.00000200. The van der Waals surface area contributed by atoms with Gasteiger partial charge < -0.3 is 10.2 Å². The van der Waals surface area contributed by atoms with E-state index >= 15 is 0 Å². The minimum absolute atomic E-state index is 0. The van der Waals surface area contributed by atoms with Crippen molar-refractivity contribution in [2.75, 3.05) is 14.1 Å². The Hall–Kier alpha value is -0.920. The van der Waals surface area contributed by atoms with Gasteiger partial charge in [0, 0.05) is 33.0 Å². The summed E-state index contributed by atoms with van der Waals surface area (Å²) in [6.45, 7) is 0.546. The van der Waals surface area contributed by atoms with E-state index in [1.54, 1.807) is 0 Å². The second-order valence-corrected chi connectivity index (χ2v) is 5.13. The van der Waals surface area contributed by atoms with Gasteiger partial charge in [0.2, 0.25) is 0 Å². The fourth-order valence-corrected chi connectivity index (χ4v) is 2.01. The highest BCUT2D eigenvalue weighted by atomic mass is 127. The van der Waals surface area contributed by atoms with Gasteiger partial charge >= 0.3 is 0 Å². The van der Waals surface area contributed by atoms with Crippen LogP contribution in [0.1, 0.15) is 18.4 Å². The number of rotatable bonds is 3. The van der Waals surface area contributed by atoms with Crippen molar-refractivity contribution >= 4 is 29.9 Å². The van der Waals surface area contributed by atoms with Crippen LogP contribution in [0, 0.1) is 0 Å². The van der Waals surface area contributed by atoms with E-state index in [2.05, 4.69) is 10.3 Å². The van der Waals surface area contributed by atoms with E-state index < -0.39 is 5.92 Å². The lowest BCUT2D eigenvalue weighted by atomic mass is 9.88. The smallest absolute Gasteiger partial charge is 0.252 e. The van der Waals surface area contributed by atoms with Gasteiger partial charge in [0.25, 0.3) is 5.92 Å². The van der Waals surface area contributed by atoms with Crippen LogP contribution in [0.15, 0.2) is 35.3 Å². The Bertz CT molecular complexity index is 441. The molecule has 1 N–H and O–H groups in total. The minimum Gasteiger partial charge on any atom is -0.353 e. The molecule has 20 heavy (non-hydrogen) atoms. The van der Waals surface area contributed by atoms with Crippen LogP contribution < -0.4 is 5.32 Å². The fourth-order valence-electron chi connectivity index (χ4n) is 2.01. The van der Waals surface area contributed by atoms with Crippen molar-refractivity contribution in [2.24, 2.45) is 4.99 Å². The Morgan fingerprint density at radius 2 is 1.90 bits per heavy atom. The van der Waals surface area contributed by atoms with E-state index in [1.165, 1.54) is 0 Å². The number of benzene rings is 1. The first kappa shape index (κ1) is 17.1. The summed E-state index contributed by atoms with van der Waals surface area (Å²) in [5.74, 6) is -1.85. The quantitative estimate of drug-likeness (QED) is 0.484. The van der Waals surface area contributed by atoms with Crippen LogP contribution in [-0.4, -0.2) is 36.9 Å². The van der Waals surface area contributed by atoms with E-state index in [9.17, 15) is 8.78 Å². The molecule has 0 radical (unpaired) electrons. The van der Waals surface area contributed by atoms with Crippen LogP contribution in [-0.2, 0) is 6.54 Å². The number of nitrogens with one attached hydrogen (secondary N) is 1. The summed E-state index contributed by atoms with van der Waals surface area (Å²) >= 11 is 0. The van der Waals surface area contributed by atoms with Gasteiger partial charge in [-0.2, -0.15) is 0 Å². The first-order chi connectivity index (χ1) is 8.96. The number of hydrogen-bond acceptors (Lipinski definition) is 1. The van der Waals surface area contributed by atoms with E-state index in [0.29, 0.717) is 12.5 Å². The van der Waals surface area contributed by atoms with Crippen molar-refractivity contribution in [3.63, 3.8) is 0 Å². The van der Waals surface area contributed by atoms with Crippen molar-refractivity contribution < 1.29 is 8.78 Å². The molecule has 1 aromatic carbocycles. The molecule has 3 nitrogen and oxygen atoms in total. The van der Waals surface area contributed by atoms with Crippen molar-refractivity contribution in [2.45, 2.75) is 31.4 Å². The molecule has 1 fully saturated rings. The molecule has 0 spiro atoms. The lowest BCUT2D eigenvalue weighted by molar-refractivity contribution is -0.0890. The summed E-state index contributed by atoms with van der Waals surface area (Å²) in [6.07, 6.45) is -0.212. The van der Waals surface area contributed by atoms with E-state index in [-0.39, 0.29) is 42.9 Å². The lowest BCUT2D eigenvalue weighted by Crippen LogP contribution is -2.53. The fraction of sp³-hybridized carbons (Fsp3) is 0.500. The molecular formula is C14H20F2IN3. The van der Waals surface area contributed by atoms with Gasteiger partial charge in [-0.1, -0.05) is 30.3 Å². The van der Waals surface area contributed by atoms with Gasteiger partial charge in [-0.3, -0.25) is 0 Å². The van der Waals surface area contributed by atoms with Crippen LogP contribution in [0.25, 0.3) is 0 Å². The molecule has 1 aromatic rings. The van der Waals surface area contributed by atoms with Crippen LogP contribution in [0.5, 0.6) is 0 Å². The summed E-state index contributed by atoms with van der Waals surface area (Å²) in [6, 6.07) is 9.68. The highest BCUT2D eigenvalue weighted by molar-refractivity contribution is 14.0. The molecule has 1 saturated carbocycles. The van der Waals surface area contributed by atoms with Gasteiger partial charge in [0.05, 0.1) is 6.54 Å². The van der Waals surface area contributed by atoms with Crippen molar-refractivity contribution in [1.82, 2.24) is 10.2 Å². The average molecular weight is 395 g/mol. The number of guanidine groups is 1. The van der Waals surface area contributed by atoms with Crippen LogP contribution in [0.2, 0.25) is 0 Å². The van der Waals surface area contributed by atoms with Gasteiger partial charge in [0.15, 0.2) is 5.96 Å². The molecule has 0 aliphatic heterocycles. The van der Waals surface area contributed by atoms with Gasteiger partial charge in [-0.05, 0) is 5.56 Å². The largest absolute Gasteiger partial charge is 0.353 e. The third-order valence-corrected chi connectivity index (χ3v) is 3.10. The Kier molecular flexibility index (Phi) is 6.16. The van der Waals surface area contributed by atoms with Crippen LogP contribution >= 0.6 is 24.0 Å². The van der Waals surface area contributed by atoms with Crippen LogP contribution in [0.4, 0.5) is 8.78 Å². The maximum absolute atomic E-state index is 12.8. The monoisotopic (exact) mass is 395 g/mol. The first-order valence-corrected chi connectivity index (χ1v) is 6.36. The molecule has 112 valence electrons. The maximum atomic E-state index is 12.8. The summed E-state index contributed by atoms with van der Waals surface area (Å²) in [7, 11) is 3.71. The zero-order valence-corrected chi connectivity index (χ0v) is 14.0. The molecule has 0 atom stereocenters. The molecule has 0 bridgehead atoms. The molecule has 0 unspecified atom stereocenters. The standard InChI is InChI=1S/C14H19F2N3.HI/c1-19(2)13(18-12-8-14(15,16)9-12)17-10-11-6-4-3-5-7-11;/h3-7,12H,8-10H2,1-2H3,(H,17,18);1H. The molecular weight excluding hydrogens is 375 g/mol. The summed E-state index contributed by atoms with van der Waals surface area (Å²) in [4.78, 5) is 6.27. The average Bonchev–Trinajstić information content (AvgIpc) is 2.32. The molecule has 0 heterocycles. The van der Waals surface area contributed by atoms with Gasteiger partial charge in [-0.15, -0.1) is 24.0 Å². The summed E-state index contributed by atoms with van der Waals surface area (Å²) in [5, 5.41) is 3.07.